The molecule has 1 aliphatic carbocycles. The molecule has 7 heteroatoms. The summed E-state index contributed by atoms with van der Waals surface area (Å²) >= 11 is 4.78. The quantitative estimate of drug-likeness (QED) is 0.820. The lowest BCUT2D eigenvalue weighted by molar-refractivity contribution is -0.141. The SMILES string of the molecule is NC(=S)c1ccc(C(F)(F)F)nc1NC1CC1. The van der Waals surface area contributed by atoms with E-state index in [1.807, 2.05) is 0 Å². The lowest BCUT2D eigenvalue weighted by Crippen LogP contribution is -2.18. The Morgan fingerprint density at radius 3 is 2.53 bits per heavy atom. The molecular weight excluding hydrogens is 251 g/mol. The molecule has 1 aromatic heterocycles. The predicted octanol–water partition coefficient (Wildman–Crippen LogP) is 2.31. The number of alkyl halides is 3. The van der Waals surface area contributed by atoms with Crippen LogP contribution in [0.2, 0.25) is 0 Å². The van der Waals surface area contributed by atoms with E-state index in [9.17, 15) is 13.2 Å². The first-order chi connectivity index (χ1) is 7.88. The standard InChI is InChI=1S/C10H10F3N3S/c11-10(12,13)7-4-3-6(8(14)17)9(16-7)15-5-1-2-5/h3-5H,1-2H2,(H2,14,17)(H,15,16). The second-order valence-electron chi connectivity index (χ2n) is 3.87. The van der Waals surface area contributed by atoms with Gasteiger partial charge in [-0.25, -0.2) is 4.98 Å². The van der Waals surface area contributed by atoms with Crippen molar-refractivity contribution in [2.75, 3.05) is 5.32 Å². The molecule has 0 unspecified atom stereocenters. The van der Waals surface area contributed by atoms with Crippen LogP contribution >= 0.6 is 12.2 Å². The lowest BCUT2D eigenvalue weighted by atomic mass is 10.2. The van der Waals surface area contributed by atoms with Gasteiger partial charge < -0.3 is 11.1 Å². The molecule has 1 heterocycles. The molecular formula is C10H10F3N3S. The summed E-state index contributed by atoms with van der Waals surface area (Å²) in [7, 11) is 0. The molecule has 92 valence electrons. The average molecular weight is 261 g/mol. The summed E-state index contributed by atoms with van der Waals surface area (Å²) < 4.78 is 37.5. The van der Waals surface area contributed by atoms with Gasteiger partial charge in [0.15, 0.2) is 0 Å². The van der Waals surface area contributed by atoms with Crippen molar-refractivity contribution in [1.82, 2.24) is 4.98 Å². The molecule has 3 nitrogen and oxygen atoms in total. The van der Waals surface area contributed by atoms with Crippen LogP contribution in [0.1, 0.15) is 24.1 Å². The van der Waals surface area contributed by atoms with E-state index in [0.717, 1.165) is 18.9 Å². The summed E-state index contributed by atoms with van der Waals surface area (Å²) in [6.45, 7) is 0. The number of aromatic nitrogens is 1. The van der Waals surface area contributed by atoms with Crippen LogP contribution in [0.25, 0.3) is 0 Å². The number of anilines is 1. The third kappa shape index (κ3) is 2.85. The fraction of sp³-hybridized carbons (Fsp3) is 0.400. The molecule has 0 radical (unpaired) electrons. The van der Waals surface area contributed by atoms with Crippen LogP contribution in [0.15, 0.2) is 12.1 Å². The molecule has 1 aromatic rings. The van der Waals surface area contributed by atoms with E-state index < -0.39 is 11.9 Å². The summed E-state index contributed by atoms with van der Waals surface area (Å²) in [5.74, 6) is 0.120. The Hall–Kier alpha value is -1.37. The summed E-state index contributed by atoms with van der Waals surface area (Å²) in [6.07, 6.45) is -2.61. The Labute approximate surface area is 101 Å². The average Bonchev–Trinajstić information content (AvgIpc) is 2.99. The van der Waals surface area contributed by atoms with Crippen molar-refractivity contribution in [2.45, 2.75) is 25.1 Å². The molecule has 0 amide bonds. The molecule has 1 saturated carbocycles. The fourth-order valence-electron chi connectivity index (χ4n) is 1.35. The lowest BCUT2D eigenvalue weighted by Gasteiger charge is -2.12. The minimum Gasteiger partial charge on any atom is -0.389 e. The van der Waals surface area contributed by atoms with Crippen molar-refractivity contribution in [1.29, 1.82) is 0 Å². The Bertz CT molecular complexity index is 455. The minimum atomic E-state index is -4.46. The smallest absolute Gasteiger partial charge is 0.389 e. The van der Waals surface area contributed by atoms with E-state index in [2.05, 4.69) is 10.3 Å². The highest BCUT2D eigenvalue weighted by Crippen LogP contribution is 2.31. The van der Waals surface area contributed by atoms with Gasteiger partial charge in [-0.3, -0.25) is 0 Å². The third-order valence-electron chi connectivity index (χ3n) is 2.37. The number of halogens is 3. The largest absolute Gasteiger partial charge is 0.433 e. The Morgan fingerprint density at radius 1 is 1.41 bits per heavy atom. The van der Waals surface area contributed by atoms with E-state index in [1.54, 1.807) is 0 Å². The van der Waals surface area contributed by atoms with E-state index in [-0.39, 0.29) is 16.8 Å². The molecule has 1 aliphatic rings. The molecule has 0 atom stereocenters. The normalized spacial score (nSPS) is 15.7. The molecule has 0 aromatic carbocycles. The van der Waals surface area contributed by atoms with Gasteiger partial charge in [-0.2, -0.15) is 13.2 Å². The van der Waals surface area contributed by atoms with Gasteiger partial charge >= 0.3 is 6.18 Å². The highest BCUT2D eigenvalue weighted by molar-refractivity contribution is 7.80. The highest BCUT2D eigenvalue weighted by atomic mass is 32.1. The summed E-state index contributed by atoms with van der Waals surface area (Å²) in [6, 6.07) is 2.31. The first kappa shape index (κ1) is 12.1. The van der Waals surface area contributed by atoms with E-state index >= 15 is 0 Å². The monoisotopic (exact) mass is 261 g/mol. The van der Waals surface area contributed by atoms with Crippen LogP contribution in [0.3, 0.4) is 0 Å². The topological polar surface area (TPSA) is 50.9 Å². The molecule has 0 aliphatic heterocycles. The van der Waals surface area contributed by atoms with Gasteiger partial charge in [0, 0.05) is 6.04 Å². The van der Waals surface area contributed by atoms with Crippen molar-refractivity contribution in [2.24, 2.45) is 5.73 Å². The van der Waals surface area contributed by atoms with Crippen molar-refractivity contribution in [3.8, 4) is 0 Å². The van der Waals surface area contributed by atoms with Gasteiger partial charge in [0.25, 0.3) is 0 Å². The van der Waals surface area contributed by atoms with Crippen LogP contribution in [0, 0.1) is 0 Å². The predicted molar refractivity (Wildman–Crippen MR) is 61.8 cm³/mol. The van der Waals surface area contributed by atoms with Gasteiger partial charge in [-0.05, 0) is 25.0 Å². The molecule has 0 saturated heterocycles. The van der Waals surface area contributed by atoms with Gasteiger partial charge in [0.2, 0.25) is 0 Å². The van der Waals surface area contributed by atoms with Crippen LogP contribution in [-0.4, -0.2) is 16.0 Å². The van der Waals surface area contributed by atoms with Gasteiger partial charge in [-0.15, -0.1) is 0 Å². The highest BCUT2D eigenvalue weighted by Gasteiger charge is 2.34. The second-order valence-corrected chi connectivity index (χ2v) is 4.31. The van der Waals surface area contributed by atoms with Gasteiger partial charge in [0.1, 0.15) is 16.5 Å². The third-order valence-corrected chi connectivity index (χ3v) is 2.59. The summed E-state index contributed by atoms with van der Waals surface area (Å²) in [5, 5.41) is 2.90. The first-order valence-corrected chi connectivity index (χ1v) is 5.43. The number of thiocarbonyl (C=S) groups is 1. The van der Waals surface area contributed by atoms with Crippen molar-refractivity contribution in [3.63, 3.8) is 0 Å². The number of nitrogens with two attached hydrogens (primary N) is 1. The number of nitrogens with one attached hydrogen (secondary N) is 1. The maximum absolute atomic E-state index is 12.5. The molecule has 0 spiro atoms. The zero-order valence-corrected chi connectivity index (χ0v) is 9.53. The van der Waals surface area contributed by atoms with Gasteiger partial charge in [-0.1, -0.05) is 12.2 Å². The number of hydrogen-bond donors (Lipinski definition) is 2. The summed E-state index contributed by atoms with van der Waals surface area (Å²) in [4.78, 5) is 3.58. The zero-order chi connectivity index (χ0) is 12.6. The minimum absolute atomic E-state index is 0.0365. The molecule has 0 bridgehead atoms. The fourth-order valence-corrected chi connectivity index (χ4v) is 1.51. The number of hydrogen-bond acceptors (Lipinski definition) is 3. The van der Waals surface area contributed by atoms with E-state index in [4.69, 9.17) is 18.0 Å². The Morgan fingerprint density at radius 2 is 2.06 bits per heavy atom. The molecule has 2 rings (SSSR count). The zero-order valence-electron chi connectivity index (χ0n) is 8.71. The summed E-state index contributed by atoms with van der Waals surface area (Å²) in [5.41, 5.74) is 4.84. The van der Waals surface area contributed by atoms with Crippen molar-refractivity contribution >= 4 is 23.0 Å². The van der Waals surface area contributed by atoms with Crippen molar-refractivity contribution in [3.05, 3.63) is 23.4 Å². The van der Waals surface area contributed by atoms with E-state index in [0.29, 0.717) is 5.56 Å². The Kier molecular flexibility index (Phi) is 2.94. The number of rotatable bonds is 3. The van der Waals surface area contributed by atoms with Gasteiger partial charge in [0.05, 0.1) is 5.56 Å². The maximum Gasteiger partial charge on any atom is 0.433 e. The van der Waals surface area contributed by atoms with Crippen LogP contribution in [0.4, 0.5) is 19.0 Å². The van der Waals surface area contributed by atoms with Crippen LogP contribution < -0.4 is 11.1 Å². The molecule has 3 N–H and O–H groups in total. The van der Waals surface area contributed by atoms with Crippen LogP contribution in [-0.2, 0) is 6.18 Å². The van der Waals surface area contributed by atoms with Crippen molar-refractivity contribution < 1.29 is 13.2 Å². The van der Waals surface area contributed by atoms with E-state index in [1.165, 1.54) is 6.07 Å². The Balaban J connectivity index is 2.38. The number of nitrogens with zero attached hydrogens (tertiary/aromatic N) is 1. The maximum atomic E-state index is 12.5. The first-order valence-electron chi connectivity index (χ1n) is 5.02. The molecule has 17 heavy (non-hydrogen) atoms. The number of pyridine rings is 1. The molecule has 1 fully saturated rings. The van der Waals surface area contributed by atoms with Crippen LogP contribution in [0.5, 0.6) is 0 Å². The second kappa shape index (κ2) is 4.14.